The number of para-hydroxylation sites is 1. The monoisotopic (exact) mass is 407 g/mol. The van der Waals surface area contributed by atoms with E-state index in [2.05, 4.69) is 11.1 Å². The quantitative estimate of drug-likeness (QED) is 0.369. The Morgan fingerprint density at radius 1 is 0.968 bits per heavy atom. The summed E-state index contributed by atoms with van der Waals surface area (Å²) in [6.07, 6.45) is 5.63. The molecule has 0 saturated carbocycles. The van der Waals surface area contributed by atoms with Crippen LogP contribution in [0.3, 0.4) is 0 Å². The van der Waals surface area contributed by atoms with Gasteiger partial charge in [-0.15, -0.1) is 0 Å². The highest BCUT2D eigenvalue weighted by molar-refractivity contribution is 6.09. The van der Waals surface area contributed by atoms with Crippen molar-refractivity contribution in [3.05, 3.63) is 102 Å². The number of allylic oxidation sites excluding steroid dienone is 1. The van der Waals surface area contributed by atoms with Crippen molar-refractivity contribution in [2.45, 2.75) is 20.8 Å². The fraction of sp³-hybridized carbons (Fsp3) is 0.148. The molecule has 0 N–H and O–H groups in total. The van der Waals surface area contributed by atoms with Crippen LogP contribution in [0.1, 0.15) is 29.8 Å². The van der Waals surface area contributed by atoms with Crippen LogP contribution >= 0.6 is 0 Å². The van der Waals surface area contributed by atoms with Gasteiger partial charge in [-0.2, -0.15) is 0 Å². The van der Waals surface area contributed by atoms with E-state index in [1.807, 2.05) is 92.4 Å². The van der Waals surface area contributed by atoms with E-state index in [0.29, 0.717) is 12.1 Å². The van der Waals surface area contributed by atoms with E-state index in [0.717, 1.165) is 33.4 Å². The number of amides is 1. The maximum atomic E-state index is 13.6. The van der Waals surface area contributed by atoms with Crippen molar-refractivity contribution in [2.75, 3.05) is 11.4 Å². The average Bonchev–Trinajstić information content (AvgIpc) is 2.80. The van der Waals surface area contributed by atoms with E-state index >= 15 is 0 Å². The average molecular weight is 408 g/mol. The highest BCUT2D eigenvalue weighted by Gasteiger charge is 2.20. The summed E-state index contributed by atoms with van der Waals surface area (Å²) in [7, 11) is 0. The van der Waals surface area contributed by atoms with Gasteiger partial charge in [0.1, 0.15) is 0 Å². The number of carbonyl (C=O) groups is 1. The molecular formula is C27H25N3O. The number of hydrogen-bond donors (Lipinski definition) is 0. The van der Waals surface area contributed by atoms with Gasteiger partial charge in [0.2, 0.25) is 0 Å². The molecule has 2 aromatic carbocycles. The van der Waals surface area contributed by atoms with Gasteiger partial charge in [0.05, 0.1) is 11.2 Å². The number of aromatic nitrogens is 2. The maximum absolute atomic E-state index is 13.6. The van der Waals surface area contributed by atoms with Crippen LogP contribution in [-0.4, -0.2) is 22.4 Å². The Morgan fingerprint density at radius 2 is 1.77 bits per heavy atom. The standard InChI is InChI=1S/C27H25N3O/c1-19(2)15-17-30(22-9-5-4-6-10-22)27(31)24-12-14-26-23(20(24)3)11-13-25(29-26)21-8-7-16-28-18-21/h4-16,18H,17H2,1-3H3. The zero-order chi connectivity index (χ0) is 21.8. The molecule has 0 radical (unpaired) electrons. The Labute approximate surface area is 182 Å². The predicted octanol–water partition coefficient (Wildman–Crippen LogP) is 6.22. The van der Waals surface area contributed by atoms with Crippen molar-refractivity contribution in [3.8, 4) is 11.3 Å². The van der Waals surface area contributed by atoms with Crippen LogP contribution in [-0.2, 0) is 0 Å². The van der Waals surface area contributed by atoms with Crippen LogP contribution in [0.5, 0.6) is 0 Å². The number of fused-ring (bicyclic) bond motifs is 1. The van der Waals surface area contributed by atoms with E-state index in [1.165, 1.54) is 5.57 Å². The largest absolute Gasteiger partial charge is 0.305 e. The van der Waals surface area contributed by atoms with Crippen molar-refractivity contribution in [1.82, 2.24) is 9.97 Å². The van der Waals surface area contributed by atoms with Gasteiger partial charge in [-0.05, 0) is 68.8 Å². The molecule has 2 aromatic heterocycles. The molecule has 4 rings (SSSR count). The highest BCUT2D eigenvalue weighted by Crippen LogP contribution is 2.27. The lowest BCUT2D eigenvalue weighted by molar-refractivity contribution is 0.0989. The molecule has 0 fully saturated rings. The number of benzene rings is 2. The third-order valence-electron chi connectivity index (χ3n) is 5.32. The van der Waals surface area contributed by atoms with E-state index in [1.54, 1.807) is 12.4 Å². The van der Waals surface area contributed by atoms with Crippen LogP contribution in [0.15, 0.2) is 90.8 Å². The van der Waals surface area contributed by atoms with Gasteiger partial charge in [-0.25, -0.2) is 4.98 Å². The summed E-state index contributed by atoms with van der Waals surface area (Å²) in [5, 5.41) is 0.980. The first-order chi connectivity index (χ1) is 15.0. The normalized spacial score (nSPS) is 10.7. The minimum absolute atomic E-state index is 0.0144. The van der Waals surface area contributed by atoms with Crippen LogP contribution < -0.4 is 4.90 Å². The van der Waals surface area contributed by atoms with Gasteiger partial charge in [0, 0.05) is 41.1 Å². The Kier molecular flexibility index (Phi) is 5.89. The number of anilines is 1. The lowest BCUT2D eigenvalue weighted by Gasteiger charge is -2.23. The van der Waals surface area contributed by atoms with Crippen molar-refractivity contribution in [1.29, 1.82) is 0 Å². The SMILES string of the molecule is CC(C)=CCN(C(=O)c1ccc2nc(-c3cccnc3)ccc2c1C)c1ccccc1. The van der Waals surface area contributed by atoms with Gasteiger partial charge < -0.3 is 4.90 Å². The van der Waals surface area contributed by atoms with E-state index in [9.17, 15) is 4.79 Å². The molecule has 0 atom stereocenters. The van der Waals surface area contributed by atoms with Gasteiger partial charge in [-0.1, -0.05) is 35.9 Å². The molecule has 0 aliphatic rings. The predicted molar refractivity (Wildman–Crippen MR) is 127 cm³/mol. The molecule has 4 aromatic rings. The Hall–Kier alpha value is -3.79. The van der Waals surface area contributed by atoms with Crippen LogP contribution in [0.4, 0.5) is 5.69 Å². The molecular weight excluding hydrogens is 382 g/mol. The van der Waals surface area contributed by atoms with Crippen molar-refractivity contribution in [2.24, 2.45) is 0 Å². The van der Waals surface area contributed by atoms with Gasteiger partial charge >= 0.3 is 0 Å². The third kappa shape index (κ3) is 4.38. The molecule has 0 bridgehead atoms. The number of aryl methyl sites for hydroxylation is 1. The fourth-order valence-electron chi connectivity index (χ4n) is 3.59. The number of rotatable bonds is 5. The second-order valence-electron chi connectivity index (χ2n) is 7.78. The van der Waals surface area contributed by atoms with E-state index in [4.69, 9.17) is 4.98 Å². The van der Waals surface area contributed by atoms with Crippen LogP contribution in [0.25, 0.3) is 22.2 Å². The maximum Gasteiger partial charge on any atom is 0.258 e. The lowest BCUT2D eigenvalue weighted by atomic mass is 10.0. The van der Waals surface area contributed by atoms with Gasteiger partial charge in [0.25, 0.3) is 5.91 Å². The molecule has 0 aliphatic carbocycles. The third-order valence-corrected chi connectivity index (χ3v) is 5.32. The highest BCUT2D eigenvalue weighted by atomic mass is 16.2. The molecule has 4 nitrogen and oxygen atoms in total. The minimum Gasteiger partial charge on any atom is -0.305 e. The van der Waals surface area contributed by atoms with Crippen LogP contribution in [0, 0.1) is 6.92 Å². The fourth-order valence-corrected chi connectivity index (χ4v) is 3.59. The zero-order valence-electron chi connectivity index (χ0n) is 18.0. The summed E-state index contributed by atoms with van der Waals surface area (Å²) in [4.78, 5) is 24.4. The van der Waals surface area contributed by atoms with Crippen molar-refractivity contribution < 1.29 is 4.79 Å². The molecule has 0 saturated heterocycles. The van der Waals surface area contributed by atoms with E-state index in [-0.39, 0.29) is 5.91 Å². The summed E-state index contributed by atoms with van der Waals surface area (Å²) in [6, 6.07) is 21.5. The van der Waals surface area contributed by atoms with Gasteiger partial charge in [-0.3, -0.25) is 9.78 Å². The summed E-state index contributed by atoms with van der Waals surface area (Å²) < 4.78 is 0. The summed E-state index contributed by atoms with van der Waals surface area (Å²) in [5.41, 5.74) is 6.39. The Bertz CT molecular complexity index is 1240. The van der Waals surface area contributed by atoms with Crippen molar-refractivity contribution in [3.63, 3.8) is 0 Å². The molecule has 1 amide bonds. The number of nitrogens with zero attached hydrogens (tertiary/aromatic N) is 3. The first-order valence-corrected chi connectivity index (χ1v) is 10.4. The topological polar surface area (TPSA) is 46.1 Å². The molecule has 154 valence electrons. The summed E-state index contributed by atoms with van der Waals surface area (Å²) >= 11 is 0. The first kappa shape index (κ1) is 20.5. The smallest absolute Gasteiger partial charge is 0.258 e. The molecule has 4 heteroatoms. The number of carbonyl (C=O) groups excluding carboxylic acids is 1. The number of hydrogen-bond acceptors (Lipinski definition) is 3. The Morgan fingerprint density at radius 3 is 2.48 bits per heavy atom. The zero-order valence-corrected chi connectivity index (χ0v) is 18.0. The second kappa shape index (κ2) is 8.92. The molecule has 31 heavy (non-hydrogen) atoms. The lowest BCUT2D eigenvalue weighted by Crippen LogP contribution is -2.31. The first-order valence-electron chi connectivity index (χ1n) is 10.4. The van der Waals surface area contributed by atoms with Gasteiger partial charge in [0.15, 0.2) is 0 Å². The molecule has 2 heterocycles. The van der Waals surface area contributed by atoms with Crippen molar-refractivity contribution >= 4 is 22.5 Å². The minimum atomic E-state index is -0.0144. The molecule has 0 unspecified atom stereocenters. The Balaban J connectivity index is 1.74. The van der Waals surface area contributed by atoms with Crippen LogP contribution in [0.2, 0.25) is 0 Å². The number of pyridine rings is 2. The summed E-state index contributed by atoms with van der Waals surface area (Å²) in [6.45, 7) is 6.60. The van der Waals surface area contributed by atoms with E-state index < -0.39 is 0 Å². The molecule has 0 spiro atoms. The molecule has 0 aliphatic heterocycles. The summed E-state index contributed by atoms with van der Waals surface area (Å²) in [5.74, 6) is -0.0144. The second-order valence-corrected chi connectivity index (χ2v) is 7.78.